The first kappa shape index (κ1) is 13.5. The summed E-state index contributed by atoms with van der Waals surface area (Å²) in [5.41, 5.74) is 4.89. The Morgan fingerprint density at radius 3 is 2.25 bits per heavy atom. The summed E-state index contributed by atoms with van der Waals surface area (Å²) in [6.45, 7) is 0. The molecule has 3 aromatic carbocycles. The zero-order valence-electron chi connectivity index (χ0n) is 12.6. The third-order valence-corrected chi connectivity index (χ3v) is 4.50. The third kappa shape index (κ3) is 1.92. The lowest BCUT2D eigenvalue weighted by Crippen LogP contribution is -1.97. The van der Waals surface area contributed by atoms with Crippen LogP contribution in [0.3, 0.4) is 0 Å². The molecule has 0 saturated carbocycles. The van der Waals surface area contributed by atoms with Gasteiger partial charge in [0.15, 0.2) is 0 Å². The van der Waals surface area contributed by atoms with Crippen molar-refractivity contribution in [3.8, 4) is 11.4 Å². The van der Waals surface area contributed by atoms with Crippen LogP contribution in [0, 0.1) is 0 Å². The molecule has 5 rings (SSSR count). The Balaban J connectivity index is 2.01. The Labute approximate surface area is 143 Å². The molecule has 0 aliphatic heterocycles. The van der Waals surface area contributed by atoms with Crippen molar-refractivity contribution in [2.45, 2.75) is 0 Å². The minimum Gasteiger partial charge on any atom is -0.276 e. The van der Waals surface area contributed by atoms with E-state index >= 15 is 0 Å². The second-order valence-electron chi connectivity index (χ2n) is 5.72. The van der Waals surface area contributed by atoms with Crippen LogP contribution in [0.2, 0.25) is 5.02 Å². The summed E-state index contributed by atoms with van der Waals surface area (Å²) >= 11 is 6.05. The van der Waals surface area contributed by atoms with Crippen LogP contribution in [0.1, 0.15) is 0 Å². The fourth-order valence-electron chi connectivity index (χ4n) is 3.14. The summed E-state index contributed by atoms with van der Waals surface area (Å²) < 4.78 is 2.13. The molecule has 0 saturated heterocycles. The highest BCUT2D eigenvalue weighted by Gasteiger charge is 2.14. The maximum atomic E-state index is 6.05. The number of fused-ring (bicyclic) bond motifs is 5. The number of halogens is 1. The maximum absolute atomic E-state index is 6.05. The Kier molecular flexibility index (Phi) is 2.84. The average Bonchev–Trinajstić information content (AvgIpc) is 3.02. The molecule has 2 heterocycles. The molecule has 2 aromatic heterocycles. The van der Waals surface area contributed by atoms with Gasteiger partial charge in [0.05, 0.1) is 16.6 Å². The van der Waals surface area contributed by atoms with Gasteiger partial charge in [-0.25, -0.2) is 9.97 Å². The molecule has 0 bridgehead atoms. The van der Waals surface area contributed by atoms with Gasteiger partial charge in [0.2, 0.25) is 0 Å². The normalized spacial score (nSPS) is 11.5. The van der Waals surface area contributed by atoms with Crippen molar-refractivity contribution in [2.75, 3.05) is 0 Å². The second-order valence-corrected chi connectivity index (χ2v) is 6.16. The van der Waals surface area contributed by atoms with Crippen LogP contribution in [0.15, 0.2) is 72.8 Å². The number of imidazole rings is 1. The first-order chi connectivity index (χ1) is 11.8. The molecule has 0 radical (unpaired) electrons. The summed E-state index contributed by atoms with van der Waals surface area (Å²) in [5, 5.41) is 1.76. The molecule has 0 spiro atoms. The topological polar surface area (TPSA) is 30.2 Å². The number of aromatic nitrogens is 3. The van der Waals surface area contributed by atoms with E-state index < -0.39 is 0 Å². The van der Waals surface area contributed by atoms with Gasteiger partial charge < -0.3 is 0 Å². The molecule has 0 atom stereocenters. The zero-order chi connectivity index (χ0) is 16.1. The molecule has 0 fully saturated rings. The van der Waals surface area contributed by atoms with Crippen molar-refractivity contribution in [3.05, 3.63) is 77.8 Å². The quantitative estimate of drug-likeness (QED) is 0.414. The van der Waals surface area contributed by atoms with E-state index in [-0.39, 0.29) is 0 Å². The van der Waals surface area contributed by atoms with Gasteiger partial charge in [-0.2, -0.15) is 0 Å². The zero-order valence-corrected chi connectivity index (χ0v) is 13.4. The monoisotopic (exact) mass is 329 g/mol. The van der Waals surface area contributed by atoms with E-state index in [2.05, 4.69) is 16.5 Å². The lowest BCUT2D eigenvalue weighted by Gasteiger charge is -2.09. The third-order valence-electron chi connectivity index (χ3n) is 4.25. The average molecular weight is 330 g/mol. The first-order valence-corrected chi connectivity index (χ1v) is 8.11. The largest absolute Gasteiger partial charge is 0.276 e. The van der Waals surface area contributed by atoms with Crippen molar-refractivity contribution in [1.29, 1.82) is 0 Å². The molecule has 0 N–H and O–H groups in total. The Morgan fingerprint density at radius 1 is 0.708 bits per heavy atom. The predicted molar refractivity (Wildman–Crippen MR) is 98.4 cm³/mol. The predicted octanol–water partition coefficient (Wildman–Crippen LogP) is 5.36. The van der Waals surface area contributed by atoms with Gasteiger partial charge in [0.1, 0.15) is 11.5 Å². The van der Waals surface area contributed by atoms with Crippen LogP contribution in [0.5, 0.6) is 0 Å². The van der Waals surface area contributed by atoms with E-state index in [1.54, 1.807) is 0 Å². The molecule has 0 aliphatic rings. The number of para-hydroxylation sites is 3. The maximum Gasteiger partial charge on any atom is 0.149 e. The van der Waals surface area contributed by atoms with E-state index in [0.29, 0.717) is 5.02 Å². The van der Waals surface area contributed by atoms with Crippen molar-refractivity contribution in [2.24, 2.45) is 0 Å². The molecule has 3 nitrogen and oxygen atoms in total. The minimum absolute atomic E-state index is 0.714. The van der Waals surface area contributed by atoms with Gasteiger partial charge in [-0.3, -0.25) is 4.40 Å². The van der Waals surface area contributed by atoms with Gasteiger partial charge in [0, 0.05) is 16.0 Å². The standard InChI is InChI=1S/C20H12ClN3/c21-14-11-9-13(10-12-14)19-22-16-6-2-1-5-15(16)20-23-17-7-3-4-8-18(17)24(19)20/h1-12H. The molecule has 24 heavy (non-hydrogen) atoms. The van der Waals surface area contributed by atoms with Crippen LogP contribution in [0.4, 0.5) is 0 Å². The van der Waals surface area contributed by atoms with E-state index in [1.165, 1.54) is 0 Å². The van der Waals surface area contributed by atoms with Crippen LogP contribution in [-0.2, 0) is 0 Å². The molecule has 0 amide bonds. The number of hydrogen-bond acceptors (Lipinski definition) is 2. The molecular formula is C20H12ClN3. The van der Waals surface area contributed by atoms with E-state index in [0.717, 1.165) is 39.0 Å². The SMILES string of the molecule is Clc1ccc(-c2nc3ccccc3c3nc4ccccc4n23)cc1. The summed E-state index contributed by atoms with van der Waals surface area (Å²) in [4.78, 5) is 9.75. The smallest absolute Gasteiger partial charge is 0.149 e. The number of rotatable bonds is 1. The van der Waals surface area contributed by atoms with Gasteiger partial charge in [-0.15, -0.1) is 0 Å². The minimum atomic E-state index is 0.714. The second kappa shape index (κ2) is 5.05. The highest BCUT2D eigenvalue weighted by molar-refractivity contribution is 6.30. The van der Waals surface area contributed by atoms with Gasteiger partial charge in [0.25, 0.3) is 0 Å². The van der Waals surface area contributed by atoms with Crippen LogP contribution in [0.25, 0.3) is 39.0 Å². The Morgan fingerprint density at radius 2 is 1.42 bits per heavy atom. The molecule has 114 valence electrons. The van der Waals surface area contributed by atoms with Gasteiger partial charge >= 0.3 is 0 Å². The number of hydrogen-bond donors (Lipinski definition) is 0. The highest BCUT2D eigenvalue weighted by Crippen LogP contribution is 2.29. The Hall–Kier alpha value is -2.91. The summed E-state index contributed by atoms with van der Waals surface area (Å²) in [6, 6.07) is 24.0. The van der Waals surface area contributed by atoms with Crippen molar-refractivity contribution >= 4 is 39.2 Å². The van der Waals surface area contributed by atoms with Crippen molar-refractivity contribution in [3.63, 3.8) is 0 Å². The fraction of sp³-hybridized carbons (Fsp3) is 0. The molecule has 4 heteroatoms. The molecular weight excluding hydrogens is 318 g/mol. The van der Waals surface area contributed by atoms with E-state index in [1.807, 2.05) is 60.7 Å². The van der Waals surface area contributed by atoms with Crippen LogP contribution >= 0.6 is 11.6 Å². The number of nitrogens with zero attached hydrogens (tertiary/aromatic N) is 3. The Bertz CT molecular complexity index is 1210. The fourth-order valence-corrected chi connectivity index (χ4v) is 3.26. The summed E-state index contributed by atoms with van der Waals surface area (Å²) in [6.07, 6.45) is 0. The lowest BCUT2D eigenvalue weighted by molar-refractivity contribution is 1.16. The molecule has 0 unspecified atom stereocenters. The van der Waals surface area contributed by atoms with Gasteiger partial charge in [-0.05, 0) is 48.5 Å². The number of benzene rings is 3. The van der Waals surface area contributed by atoms with Gasteiger partial charge in [-0.1, -0.05) is 35.9 Å². The molecule has 5 aromatic rings. The van der Waals surface area contributed by atoms with E-state index in [9.17, 15) is 0 Å². The van der Waals surface area contributed by atoms with E-state index in [4.69, 9.17) is 21.6 Å². The first-order valence-electron chi connectivity index (χ1n) is 7.73. The van der Waals surface area contributed by atoms with Crippen LogP contribution < -0.4 is 0 Å². The summed E-state index contributed by atoms with van der Waals surface area (Å²) in [7, 11) is 0. The van der Waals surface area contributed by atoms with Crippen molar-refractivity contribution < 1.29 is 0 Å². The lowest BCUT2D eigenvalue weighted by atomic mass is 10.2. The van der Waals surface area contributed by atoms with Crippen molar-refractivity contribution in [1.82, 2.24) is 14.4 Å². The van der Waals surface area contributed by atoms with Crippen LogP contribution in [-0.4, -0.2) is 14.4 Å². The summed E-state index contributed by atoms with van der Waals surface area (Å²) in [5.74, 6) is 0.870. The molecule has 0 aliphatic carbocycles. The highest BCUT2D eigenvalue weighted by atomic mass is 35.5.